The molecular formula is C14H27N5O6. The van der Waals surface area contributed by atoms with Crippen molar-refractivity contribution in [3.05, 3.63) is 0 Å². The molecule has 4 atom stereocenters. The van der Waals surface area contributed by atoms with Crippen molar-refractivity contribution in [2.24, 2.45) is 17.2 Å². The Balaban J connectivity index is 4.99. The molecule has 3 amide bonds. The molecule has 0 aliphatic carbocycles. The van der Waals surface area contributed by atoms with Gasteiger partial charge in [-0.1, -0.05) is 0 Å². The molecule has 0 saturated heterocycles. The van der Waals surface area contributed by atoms with Crippen LogP contribution in [-0.4, -0.2) is 64.7 Å². The van der Waals surface area contributed by atoms with Crippen LogP contribution in [0.3, 0.4) is 0 Å². The summed E-state index contributed by atoms with van der Waals surface area (Å²) in [5.74, 6) is -3.88. The zero-order valence-electron chi connectivity index (χ0n) is 14.1. The van der Waals surface area contributed by atoms with Gasteiger partial charge in [0.2, 0.25) is 17.7 Å². The van der Waals surface area contributed by atoms with Gasteiger partial charge in [0.25, 0.3) is 0 Å². The van der Waals surface area contributed by atoms with E-state index in [-0.39, 0.29) is 6.42 Å². The van der Waals surface area contributed by atoms with Gasteiger partial charge in [-0.15, -0.1) is 0 Å². The second-order valence-corrected chi connectivity index (χ2v) is 5.68. The maximum absolute atomic E-state index is 12.2. The number of carbonyl (C=O) groups is 4. The van der Waals surface area contributed by atoms with Gasteiger partial charge in [-0.05, 0) is 32.7 Å². The first kappa shape index (κ1) is 22.8. The summed E-state index contributed by atoms with van der Waals surface area (Å²) < 4.78 is 0. The first-order chi connectivity index (χ1) is 11.6. The van der Waals surface area contributed by atoms with E-state index < -0.39 is 54.3 Å². The van der Waals surface area contributed by atoms with Crippen molar-refractivity contribution < 1.29 is 29.4 Å². The first-order valence-electron chi connectivity index (χ1n) is 7.85. The van der Waals surface area contributed by atoms with Gasteiger partial charge in [-0.25, -0.2) is 4.79 Å². The molecule has 0 fully saturated rings. The van der Waals surface area contributed by atoms with E-state index in [9.17, 15) is 24.3 Å². The van der Waals surface area contributed by atoms with Gasteiger partial charge < -0.3 is 38.0 Å². The van der Waals surface area contributed by atoms with Crippen LogP contribution in [0, 0.1) is 0 Å². The number of carboxylic acids is 1. The molecule has 25 heavy (non-hydrogen) atoms. The van der Waals surface area contributed by atoms with Gasteiger partial charge in [-0.3, -0.25) is 14.4 Å². The monoisotopic (exact) mass is 361 g/mol. The van der Waals surface area contributed by atoms with Crippen molar-refractivity contribution in [2.45, 2.75) is 56.8 Å². The van der Waals surface area contributed by atoms with Crippen molar-refractivity contribution >= 4 is 23.7 Å². The zero-order chi connectivity index (χ0) is 19.6. The molecule has 11 heteroatoms. The molecule has 4 unspecified atom stereocenters. The molecule has 0 aliphatic rings. The van der Waals surface area contributed by atoms with Crippen molar-refractivity contribution in [3.63, 3.8) is 0 Å². The number of aliphatic carboxylic acids is 1. The summed E-state index contributed by atoms with van der Waals surface area (Å²) in [5, 5.41) is 22.9. The van der Waals surface area contributed by atoms with Crippen molar-refractivity contribution in [1.82, 2.24) is 10.6 Å². The smallest absolute Gasteiger partial charge is 0.326 e. The molecule has 0 spiro atoms. The van der Waals surface area contributed by atoms with E-state index in [0.29, 0.717) is 19.4 Å². The Morgan fingerprint density at radius 3 is 2.04 bits per heavy atom. The van der Waals surface area contributed by atoms with Gasteiger partial charge in [0, 0.05) is 0 Å². The fourth-order valence-corrected chi connectivity index (χ4v) is 1.92. The van der Waals surface area contributed by atoms with E-state index >= 15 is 0 Å². The van der Waals surface area contributed by atoms with Crippen molar-refractivity contribution in [2.75, 3.05) is 6.54 Å². The highest BCUT2D eigenvalue weighted by Crippen LogP contribution is 2.03. The number of hydrogen-bond donors (Lipinski definition) is 7. The quantitative estimate of drug-likeness (QED) is 0.175. The van der Waals surface area contributed by atoms with Gasteiger partial charge in [0.1, 0.15) is 18.1 Å². The number of unbranched alkanes of at least 4 members (excludes halogenated alkanes) is 1. The van der Waals surface area contributed by atoms with E-state index in [2.05, 4.69) is 10.6 Å². The summed E-state index contributed by atoms with van der Waals surface area (Å²) in [7, 11) is 0. The fourth-order valence-electron chi connectivity index (χ4n) is 1.92. The van der Waals surface area contributed by atoms with Crippen LogP contribution in [-0.2, 0) is 19.2 Å². The number of amides is 3. The number of carbonyl (C=O) groups excluding carboxylic acids is 3. The summed E-state index contributed by atoms with van der Waals surface area (Å²) in [5.41, 5.74) is 15.8. The van der Waals surface area contributed by atoms with Crippen LogP contribution in [0.2, 0.25) is 0 Å². The Bertz CT molecular complexity index is 484. The largest absolute Gasteiger partial charge is 0.480 e. The summed E-state index contributed by atoms with van der Waals surface area (Å²) in [4.78, 5) is 46.4. The molecular weight excluding hydrogens is 334 g/mol. The second-order valence-electron chi connectivity index (χ2n) is 5.68. The average Bonchev–Trinajstić information content (AvgIpc) is 2.51. The summed E-state index contributed by atoms with van der Waals surface area (Å²) in [6.07, 6.45) is -0.514. The maximum Gasteiger partial charge on any atom is 0.326 e. The molecule has 0 aromatic rings. The molecule has 11 nitrogen and oxygen atoms in total. The lowest BCUT2D eigenvalue weighted by atomic mass is 10.1. The summed E-state index contributed by atoms with van der Waals surface area (Å²) >= 11 is 0. The standard InChI is InChI=1S/C14H27N5O6/c1-7(20)11(17)13(23)19-9(6-10(16)21)12(22)18-8(14(24)25)4-2-3-5-15/h7-9,11,20H,2-6,15,17H2,1H3,(H2,16,21)(H,18,22)(H,19,23)(H,24,25). The van der Waals surface area contributed by atoms with Crippen molar-refractivity contribution in [3.8, 4) is 0 Å². The SMILES string of the molecule is CC(O)C(N)C(=O)NC(CC(N)=O)C(=O)NC(CCCCN)C(=O)O. The minimum Gasteiger partial charge on any atom is -0.480 e. The highest BCUT2D eigenvalue weighted by atomic mass is 16.4. The van der Waals surface area contributed by atoms with E-state index in [1.54, 1.807) is 0 Å². The van der Waals surface area contributed by atoms with Crippen LogP contribution in [0.25, 0.3) is 0 Å². The highest BCUT2D eigenvalue weighted by Gasteiger charge is 2.29. The number of primary amides is 1. The maximum atomic E-state index is 12.2. The molecule has 0 heterocycles. The topological polar surface area (TPSA) is 211 Å². The number of rotatable bonds is 12. The molecule has 144 valence electrons. The van der Waals surface area contributed by atoms with Crippen molar-refractivity contribution in [1.29, 1.82) is 0 Å². The molecule has 0 aromatic carbocycles. The molecule has 0 radical (unpaired) electrons. The molecule has 0 saturated carbocycles. The number of nitrogens with one attached hydrogen (secondary N) is 2. The third kappa shape index (κ3) is 8.98. The Hall–Kier alpha value is -2.24. The molecule has 0 aromatic heterocycles. The number of hydrogen-bond acceptors (Lipinski definition) is 7. The highest BCUT2D eigenvalue weighted by molar-refractivity contribution is 5.94. The molecule has 0 bridgehead atoms. The zero-order valence-corrected chi connectivity index (χ0v) is 14.1. The molecule has 10 N–H and O–H groups in total. The lowest BCUT2D eigenvalue weighted by Gasteiger charge is -2.22. The van der Waals surface area contributed by atoms with Crippen LogP contribution in [0.1, 0.15) is 32.6 Å². The number of aliphatic hydroxyl groups is 1. The summed E-state index contributed by atoms with van der Waals surface area (Å²) in [6, 6.07) is -3.91. The lowest BCUT2D eigenvalue weighted by Crippen LogP contribution is -2.57. The second kappa shape index (κ2) is 11.3. The normalized spacial score (nSPS) is 15.5. The summed E-state index contributed by atoms with van der Waals surface area (Å²) in [6.45, 7) is 1.67. The number of aliphatic hydroxyl groups excluding tert-OH is 1. The Morgan fingerprint density at radius 2 is 1.60 bits per heavy atom. The third-order valence-electron chi connectivity index (χ3n) is 3.42. The van der Waals surface area contributed by atoms with Gasteiger partial charge in [0.05, 0.1) is 12.5 Å². The van der Waals surface area contributed by atoms with E-state index in [4.69, 9.17) is 22.3 Å². The Kier molecular flexibility index (Phi) is 10.3. The van der Waals surface area contributed by atoms with Gasteiger partial charge in [-0.2, -0.15) is 0 Å². The fraction of sp³-hybridized carbons (Fsp3) is 0.714. The Labute approximate surface area is 145 Å². The van der Waals surface area contributed by atoms with Crippen LogP contribution in [0.15, 0.2) is 0 Å². The third-order valence-corrected chi connectivity index (χ3v) is 3.42. The number of carboxylic acid groups (broad SMARTS) is 1. The van der Waals surface area contributed by atoms with Crippen LogP contribution < -0.4 is 27.8 Å². The van der Waals surface area contributed by atoms with E-state index in [1.165, 1.54) is 6.92 Å². The van der Waals surface area contributed by atoms with Crippen LogP contribution in [0.5, 0.6) is 0 Å². The van der Waals surface area contributed by atoms with E-state index in [0.717, 1.165) is 0 Å². The van der Waals surface area contributed by atoms with Gasteiger partial charge in [0.15, 0.2) is 0 Å². The molecule has 0 aliphatic heterocycles. The van der Waals surface area contributed by atoms with Crippen LogP contribution >= 0.6 is 0 Å². The Morgan fingerprint density at radius 1 is 1.04 bits per heavy atom. The minimum atomic E-state index is -1.40. The van der Waals surface area contributed by atoms with Gasteiger partial charge >= 0.3 is 5.97 Å². The van der Waals surface area contributed by atoms with E-state index in [1.807, 2.05) is 0 Å². The van der Waals surface area contributed by atoms with Crippen LogP contribution in [0.4, 0.5) is 0 Å². The predicted octanol–water partition coefficient (Wildman–Crippen LogP) is -3.25. The lowest BCUT2D eigenvalue weighted by molar-refractivity contribution is -0.142. The first-order valence-corrected chi connectivity index (χ1v) is 7.85. The predicted molar refractivity (Wildman–Crippen MR) is 87.9 cm³/mol. The average molecular weight is 361 g/mol. The number of nitrogens with two attached hydrogens (primary N) is 3. The molecule has 0 rings (SSSR count). The minimum absolute atomic E-state index is 0.142.